The number of esters is 1. The molecular formula is C9H9BrN2O3. The third-order valence-electron chi connectivity index (χ3n) is 1.80. The smallest absolute Gasteiger partial charge is 0.354 e. The summed E-state index contributed by atoms with van der Waals surface area (Å²) in [7, 11) is 2.78. The van der Waals surface area contributed by atoms with E-state index in [0.29, 0.717) is 10.2 Å². The van der Waals surface area contributed by atoms with Gasteiger partial charge in [-0.05, 0) is 22.0 Å². The maximum atomic E-state index is 11.4. The summed E-state index contributed by atoms with van der Waals surface area (Å²) in [5, 5.41) is 8.79. The van der Waals surface area contributed by atoms with Crippen molar-refractivity contribution in [1.29, 1.82) is 5.26 Å². The average molecular weight is 273 g/mol. The standard InChI is InChI=1S/C9H9BrN2O3/c1-14-5-12-7(9(13)15-2)3-6(4-11)8(12)10/h3H,5H2,1-2H3. The first-order chi connectivity index (χ1) is 7.15. The van der Waals surface area contributed by atoms with Crippen LogP contribution in [-0.2, 0) is 16.2 Å². The Morgan fingerprint density at radius 3 is 2.80 bits per heavy atom. The number of carbonyl (C=O) groups is 1. The van der Waals surface area contributed by atoms with Crippen LogP contribution in [0.1, 0.15) is 16.1 Å². The number of nitrogens with zero attached hydrogens (tertiary/aromatic N) is 2. The normalized spacial score (nSPS) is 9.73. The molecule has 0 radical (unpaired) electrons. The Labute approximate surface area is 95.3 Å². The molecule has 0 aliphatic heterocycles. The second-order valence-corrected chi connectivity index (χ2v) is 3.43. The maximum absolute atomic E-state index is 11.4. The molecule has 0 saturated carbocycles. The molecule has 15 heavy (non-hydrogen) atoms. The van der Waals surface area contributed by atoms with Crippen LogP contribution in [-0.4, -0.2) is 24.8 Å². The van der Waals surface area contributed by atoms with Gasteiger partial charge in [0.2, 0.25) is 0 Å². The quantitative estimate of drug-likeness (QED) is 0.783. The van der Waals surface area contributed by atoms with Crippen LogP contribution in [0.3, 0.4) is 0 Å². The second kappa shape index (κ2) is 4.96. The molecule has 80 valence electrons. The molecule has 0 N–H and O–H groups in total. The van der Waals surface area contributed by atoms with Gasteiger partial charge in [0.1, 0.15) is 23.1 Å². The second-order valence-electron chi connectivity index (χ2n) is 2.68. The highest BCUT2D eigenvalue weighted by Gasteiger charge is 2.18. The van der Waals surface area contributed by atoms with E-state index in [1.54, 1.807) is 0 Å². The number of ether oxygens (including phenoxy) is 2. The topological polar surface area (TPSA) is 64.2 Å². The Morgan fingerprint density at radius 1 is 1.67 bits per heavy atom. The van der Waals surface area contributed by atoms with Crippen LogP contribution in [0.25, 0.3) is 0 Å². The van der Waals surface area contributed by atoms with E-state index in [1.807, 2.05) is 6.07 Å². The fourth-order valence-corrected chi connectivity index (χ4v) is 1.63. The monoisotopic (exact) mass is 272 g/mol. The Kier molecular flexibility index (Phi) is 3.88. The van der Waals surface area contributed by atoms with Gasteiger partial charge in [-0.25, -0.2) is 4.79 Å². The first-order valence-corrected chi connectivity index (χ1v) is 4.81. The fourth-order valence-electron chi connectivity index (χ4n) is 1.13. The summed E-state index contributed by atoms with van der Waals surface area (Å²) >= 11 is 3.21. The van der Waals surface area contributed by atoms with Gasteiger partial charge in [0.15, 0.2) is 0 Å². The van der Waals surface area contributed by atoms with Crippen LogP contribution >= 0.6 is 15.9 Å². The first-order valence-electron chi connectivity index (χ1n) is 4.02. The molecule has 1 heterocycles. The van der Waals surface area contributed by atoms with Crippen molar-refractivity contribution in [2.45, 2.75) is 6.73 Å². The number of aromatic nitrogens is 1. The minimum Gasteiger partial charge on any atom is -0.464 e. The van der Waals surface area contributed by atoms with Crippen molar-refractivity contribution in [3.8, 4) is 6.07 Å². The zero-order chi connectivity index (χ0) is 11.4. The minimum absolute atomic E-state index is 0.173. The van der Waals surface area contributed by atoms with E-state index in [0.717, 1.165) is 0 Å². The van der Waals surface area contributed by atoms with Crippen LogP contribution in [0.4, 0.5) is 0 Å². The highest BCUT2D eigenvalue weighted by molar-refractivity contribution is 9.10. The predicted octanol–water partition coefficient (Wildman–Crippen LogP) is 1.51. The Morgan fingerprint density at radius 2 is 2.33 bits per heavy atom. The van der Waals surface area contributed by atoms with Crippen LogP contribution in [0.15, 0.2) is 10.7 Å². The van der Waals surface area contributed by atoms with E-state index in [4.69, 9.17) is 10.00 Å². The number of methoxy groups -OCH3 is 2. The van der Waals surface area contributed by atoms with Gasteiger partial charge in [0.05, 0.1) is 12.7 Å². The molecule has 0 aliphatic carbocycles. The number of halogens is 1. The largest absolute Gasteiger partial charge is 0.464 e. The molecular weight excluding hydrogens is 264 g/mol. The lowest BCUT2D eigenvalue weighted by Crippen LogP contribution is -2.11. The Balaban J connectivity index is 3.25. The van der Waals surface area contributed by atoms with Gasteiger partial charge >= 0.3 is 5.97 Å². The van der Waals surface area contributed by atoms with E-state index in [-0.39, 0.29) is 12.4 Å². The zero-order valence-electron chi connectivity index (χ0n) is 8.28. The number of nitriles is 1. The molecule has 0 amide bonds. The van der Waals surface area contributed by atoms with E-state index in [1.165, 1.54) is 24.9 Å². The van der Waals surface area contributed by atoms with Crippen LogP contribution in [0.5, 0.6) is 0 Å². The lowest BCUT2D eigenvalue weighted by Gasteiger charge is -2.07. The SMILES string of the molecule is COCn1c(C(=O)OC)cc(C#N)c1Br. The van der Waals surface area contributed by atoms with Gasteiger partial charge in [-0.3, -0.25) is 0 Å². The van der Waals surface area contributed by atoms with Gasteiger partial charge in [0, 0.05) is 7.11 Å². The molecule has 1 rings (SSSR count). The Hall–Kier alpha value is -1.32. The zero-order valence-corrected chi connectivity index (χ0v) is 9.87. The lowest BCUT2D eigenvalue weighted by atomic mass is 10.3. The van der Waals surface area contributed by atoms with Crippen LogP contribution in [0, 0.1) is 11.3 Å². The third-order valence-corrected chi connectivity index (χ3v) is 2.66. The van der Waals surface area contributed by atoms with Crippen LogP contribution in [0.2, 0.25) is 0 Å². The van der Waals surface area contributed by atoms with Crippen molar-refractivity contribution in [2.24, 2.45) is 0 Å². The van der Waals surface area contributed by atoms with Crippen molar-refractivity contribution >= 4 is 21.9 Å². The highest BCUT2D eigenvalue weighted by Crippen LogP contribution is 2.22. The summed E-state index contributed by atoms with van der Waals surface area (Å²) in [5.41, 5.74) is 0.648. The van der Waals surface area contributed by atoms with E-state index in [9.17, 15) is 4.79 Å². The number of carbonyl (C=O) groups excluding carboxylic acids is 1. The molecule has 0 fully saturated rings. The van der Waals surface area contributed by atoms with Gasteiger partial charge in [0.25, 0.3) is 0 Å². The molecule has 0 unspecified atom stereocenters. The minimum atomic E-state index is -0.505. The summed E-state index contributed by atoms with van der Waals surface area (Å²) in [6.07, 6.45) is 0. The van der Waals surface area contributed by atoms with Gasteiger partial charge in [-0.2, -0.15) is 5.26 Å². The molecule has 0 atom stereocenters. The molecule has 0 bridgehead atoms. The third kappa shape index (κ3) is 2.19. The molecule has 1 aromatic heterocycles. The molecule has 5 nitrogen and oxygen atoms in total. The van der Waals surface area contributed by atoms with Gasteiger partial charge in [-0.1, -0.05) is 0 Å². The summed E-state index contributed by atoms with van der Waals surface area (Å²) in [4.78, 5) is 11.4. The van der Waals surface area contributed by atoms with Crippen LogP contribution < -0.4 is 0 Å². The van der Waals surface area contributed by atoms with Crippen molar-refractivity contribution in [2.75, 3.05) is 14.2 Å². The summed E-state index contributed by atoms with van der Waals surface area (Å²) < 4.78 is 11.5. The van der Waals surface area contributed by atoms with E-state index < -0.39 is 5.97 Å². The van der Waals surface area contributed by atoms with Crippen molar-refractivity contribution in [3.63, 3.8) is 0 Å². The molecule has 0 saturated heterocycles. The summed E-state index contributed by atoms with van der Waals surface area (Å²) in [6, 6.07) is 3.42. The average Bonchev–Trinajstić information content (AvgIpc) is 2.56. The highest BCUT2D eigenvalue weighted by atomic mass is 79.9. The van der Waals surface area contributed by atoms with Crippen molar-refractivity contribution in [1.82, 2.24) is 4.57 Å². The maximum Gasteiger partial charge on any atom is 0.354 e. The summed E-state index contributed by atoms with van der Waals surface area (Å²) in [6.45, 7) is 0.173. The van der Waals surface area contributed by atoms with Crippen molar-refractivity contribution < 1.29 is 14.3 Å². The first kappa shape index (κ1) is 11.8. The summed E-state index contributed by atoms with van der Waals surface area (Å²) in [5.74, 6) is -0.505. The van der Waals surface area contributed by atoms with E-state index >= 15 is 0 Å². The van der Waals surface area contributed by atoms with Gasteiger partial charge < -0.3 is 14.0 Å². The predicted molar refractivity (Wildman–Crippen MR) is 55.2 cm³/mol. The number of rotatable bonds is 3. The van der Waals surface area contributed by atoms with E-state index in [2.05, 4.69) is 20.7 Å². The Bertz CT molecular complexity index is 420. The van der Waals surface area contributed by atoms with Crippen molar-refractivity contribution in [3.05, 3.63) is 21.9 Å². The number of hydrogen-bond donors (Lipinski definition) is 0. The molecule has 1 aromatic rings. The number of hydrogen-bond acceptors (Lipinski definition) is 4. The molecule has 0 aliphatic rings. The molecule has 0 aromatic carbocycles. The molecule has 0 spiro atoms. The van der Waals surface area contributed by atoms with Gasteiger partial charge in [-0.15, -0.1) is 0 Å². The lowest BCUT2D eigenvalue weighted by molar-refractivity contribution is 0.0566. The molecule has 6 heteroatoms. The fraction of sp³-hybridized carbons (Fsp3) is 0.333.